The summed E-state index contributed by atoms with van der Waals surface area (Å²) in [5.41, 5.74) is 1.51. The first-order chi connectivity index (χ1) is 9.56. The standard InChI is InChI=1S/C15H19NO4/c1-11(12-7-5-4-6-8-12)16-13(9-14(17)19-2)10-15(18)20-3/h4-9,11,16H,10H2,1-3H3. The van der Waals surface area contributed by atoms with Crippen LogP contribution in [0.25, 0.3) is 0 Å². The van der Waals surface area contributed by atoms with Crippen LogP contribution >= 0.6 is 0 Å². The fraction of sp³-hybridized carbons (Fsp3) is 0.333. The molecular weight excluding hydrogens is 258 g/mol. The van der Waals surface area contributed by atoms with Crippen molar-refractivity contribution < 1.29 is 19.1 Å². The van der Waals surface area contributed by atoms with Gasteiger partial charge in [0.25, 0.3) is 0 Å². The van der Waals surface area contributed by atoms with Gasteiger partial charge in [0, 0.05) is 17.8 Å². The molecule has 0 amide bonds. The van der Waals surface area contributed by atoms with Gasteiger partial charge in [0.15, 0.2) is 0 Å². The maximum Gasteiger partial charge on any atom is 0.332 e. The van der Waals surface area contributed by atoms with E-state index in [1.807, 2.05) is 37.3 Å². The van der Waals surface area contributed by atoms with E-state index < -0.39 is 11.9 Å². The van der Waals surface area contributed by atoms with Crippen LogP contribution in [0.5, 0.6) is 0 Å². The molecule has 0 heterocycles. The lowest BCUT2D eigenvalue weighted by molar-refractivity contribution is -0.139. The zero-order valence-electron chi connectivity index (χ0n) is 11.9. The van der Waals surface area contributed by atoms with Crippen molar-refractivity contribution in [1.82, 2.24) is 5.32 Å². The zero-order valence-corrected chi connectivity index (χ0v) is 11.9. The van der Waals surface area contributed by atoms with Gasteiger partial charge >= 0.3 is 11.9 Å². The number of hydrogen-bond donors (Lipinski definition) is 1. The summed E-state index contributed by atoms with van der Waals surface area (Å²) in [5, 5.41) is 3.12. The fourth-order valence-electron chi connectivity index (χ4n) is 1.68. The van der Waals surface area contributed by atoms with Gasteiger partial charge in [-0.25, -0.2) is 4.79 Å². The molecule has 0 saturated carbocycles. The molecular formula is C15H19NO4. The number of ether oxygens (including phenoxy) is 2. The second-order valence-electron chi connectivity index (χ2n) is 4.22. The second-order valence-corrected chi connectivity index (χ2v) is 4.22. The highest BCUT2D eigenvalue weighted by molar-refractivity contribution is 5.84. The van der Waals surface area contributed by atoms with Crippen molar-refractivity contribution in [3.8, 4) is 0 Å². The minimum Gasteiger partial charge on any atom is -0.469 e. The van der Waals surface area contributed by atoms with Gasteiger partial charge in [0.05, 0.1) is 20.6 Å². The van der Waals surface area contributed by atoms with E-state index >= 15 is 0 Å². The number of hydrogen-bond acceptors (Lipinski definition) is 5. The van der Waals surface area contributed by atoms with E-state index in [9.17, 15) is 9.59 Å². The quantitative estimate of drug-likeness (QED) is 0.636. The highest BCUT2D eigenvalue weighted by Gasteiger charge is 2.12. The van der Waals surface area contributed by atoms with E-state index in [4.69, 9.17) is 0 Å². The van der Waals surface area contributed by atoms with Crippen molar-refractivity contribution in [2.24, 2.45) is 0 Å². The number of benzene rings is 1. The molecule has 0 aromatic heterocycles. The minimum atomic E-state index is -0.517. The summed E-state index contributed by atoms with van der Waals surface area (Å²) in [6, 6.07) is 9.67. The Kier molecular flexibility index (Phi) is 6.29. The normalized spacial score (nSPS) is 12.4. The lowest BCUT2D eigenvalue weighted by atomic mass is 10.1. The SMILES string of the molecule is COC(=O)C=C(CC(=O)OC)NC(C)c1ccccc1. The van der Waals surface area contributed by atoms with Crippen LogP contribution < -0.4 is 5.32 Å². The Morgan fingerprint density at radius 3 is 2.40 bits per heavy atom. The summed E-state index contributed by atoms with van der Waals surface area (Å²) in [6.45, 7) is 1.94. The zero-order chi connectivity index (χ0) is 15.0. The predicted molar refractivity (Wildman–Crippen MR) is 74.7 cm³/mol. The van der Waals surface area contributed by atoms with Crippen LogP contribution in [0.4, 0.5) is 0 Å². The monoisotopic (exact) mass is 277 g/mol. The first-order valence-corrected chi connectivity index (χ1v) is 6.23. The Labute approximate surface area is 118 Å². The van der Waals surface area contributed by atoms with Crippen molar-refractivity contribution in [3.05, 3.63) is 47.7 Å². The number of carbonyl (C=O) groups is 2. The molecule has 0 aliphatic carbocycles. The molecule has 0 aliphatic heterocycles. The molecule has 1 rings (SSSR count). The first-order valence-electron chi connectivity index (χ1n) is 6.23. The average Bonchev–Trinajstić information content (AvgIpc) is 2.47. The Balaban J connectivity index is 2.81. The highest BCUT2D eigenvalue weighted by Crippen LogP contribution is 2.14. The molecule has 5 heteroatoms. The lowest BCUT2D eigenvalue weighted by Gasteiger charge is -2.17. The third kappa shape index (κ3) is 5.14. The second kappa shape index (κ2) is 7.99. The van der Waals surface area contributed by atoms with Crippen LogP contribution in [0.2, 0.25) is 0 Å². The van der Waals surface area contributed by atoms with E-state index in [0.717, 1.165) is 5.56 Å². The third-order valence-corrected chi connectivity index (χ3v) is 2.76. The van der Waals surface area contributed by atoms with Gasteiger partial charge in [-0.15, -0.1) is 0 Å². The van der Waals surface area contributed by atoms with E-state index in [2.05, 4.69) is 14.8 Å². The molecule has 5 nitrogen and oxygen atoms in total. The number of esters is 2. The van der Waals surface area contributed by atoms with Gasteiger partial charge < -0.3 is 14.8 Å². The van der Waals surface area contributed by atoms with Gasteiger partial charge in [0.2, 0.25) is 0 Å². The molecule has 20 heavy (non-hydrogen) atoms. The van der Waals surface area contributed by atoms with Crippen molar-refractivity contribution >= 4 is 11.9 Å². The van der Waals surface area contributed by atoms with Gasteiger partial charge in [0.1, 0.15) is 0 Å². The largest absolute Gasteiger partial charge is 0.469 e. The predicted octanol–water partition coefficient (Wildman–Crippen LogP) is 1.96. The first kappa shape index (κ1) is 15.8. The summed E-state index contributed by atoms with van der Waals surface area (Å²) in [6.07, 6.45) is 1.25. The Morgan fingerprint density at radius 1 is 1.20 bits per heavy atom. The van der Waals surface area contributed by atoms with Gasteiger partial charge in [-0.05, 0) is 12.5 Å². The molecule has 108 valence electrons. The number of rotatable bonds is 6. The summed E-state index contributed by atoms with van der Waals surface area (Å²) < 4.78 is 9.19. The minimum absolute atomic E-state index is 0.0111. The third-order valence-electron chi connectivity index (χ3n) is 2.76. The summed E-state index contributed by atoms with van der Waals surface area (Å²) >= 11 is 0. The Hall–Kier alpha value is -2.30. The molecule has 1 unspecified atom stereocenters. The maximum absolute atomic E-state index is 11.4. The summed E-state index contributed by atoms with van der Waals surface area (Å²) in [4.78, 5) is 22.7. The molecule has 0 fully saturated rings. The van der Waals surface area contributed by atoms with Gasteiger partial charge in [-0.2, -0.15) is 0 Å². The van der Waals surface area contributed by atoms with E-state index in [1.54, 1.807) is 0 Å². The molecule has 0 aliphatic rings. The molecule has 1 N–H and O–H groups in total. The Bertz CT molecular complexity index is 482. The summed E-state index contributed by atoms with van der Waals surface area (Å²) in [7, 11) is 2.59. The molecule has 0 radical (unpaired) electrons. The Morgan fingerprint density at radius 2 is 1.85 bits per heavy atom. The fourth-order valence-corrected chi connectivity index (χ4v) is 1.68. The molecule has 1 aromatic rings. The van der Waals surface area contributed by atoms with Crippen LogP contribution in [-0.4, -0.2) is 26.2 Å². The van der Waals surface area contributed by atoms with Crippen molar-refractivity contribution in [2.45, 2.75) is 19.4 Å². The van der Waals surface area contributed by atoms with E-state index in [1.165, 1.54) is 20.3 Å². The van der Waals surface area contributed by atoms with E-state index in [0.29, 0.717) is 5.70 Å². The van der Waals surface area contributed by atoms with Crippen molar-refractivity contribution in [2.75, 3.05) is 14.2 Å². The number of carbonyl (C=O) groups excluding carboxylic acids is 2. The topological polar surface area (TPSA) is 64.6 Å². The highest BCUT2D eigenvalue weighted by atomic mass is 16.5. The maximum atomic E-state index is 11.4. The molecule has 0 spiro atoms. The lowest BCUT2D eigenvalue weighted by Crippen LogP contribution is -2.22. The molecule has 0 bridgehead atoms. The van der Waals surface area contributed by atoms with Crippen LogP contribution in [-0.2, 0) is 19.1 Å². The van der Waals surface area contributed by atoms with Crippen molar-refractivity contribution in [3.63, 3.8) is 0 Å². The van der Waals surface area contributed by atoms with Gasteiger partial charge in [-0.3, -0.25) is 4.79 Å². The average molecular weight is 277 g/mol. The molecule has 1 aromatic carbocycles. The van der Waals surface area contributed by atoms with E-state index in [-0.39, 0.29) is 12.5 Å². The number of methoxy groups -OCH3 is 2. The summed E-state index contributed by atoms with van der Waals surface area (Å²) in [5.74, 6) is -0.940. The number of nitrogens with one attached hydrogen (secondary N) is 1. The van der Waals surface area contributed by atoms with Crippen LogP contribution in [0.1, 0.15) is 24.9 Å². The van der Waals surface area contributed by atoms with Crippen molar-refractivity contribution in [1.29, 1.82) is 0 Å². The van der Waals surface area contributed by atoms with Crippen LogP contribution in [0, 0.1) is 0 Å². The van der Waals surface area contributed by atoms with Gasteiger partial charge in [-0.1, -0.05) is 30.3 Å². The van der Waals surface area contributed by atoms with Crippen LogP contribution in [0.15, 0.2) is 42.1 Å². The van der Waals surface area contributed by atoms with Crippen LogP contribution in [0.3, 0.4) is 0 Å². The molecule has 1 atom stereocenters. The molecule has 0 saturated heterocycles. The smallest absolute Gasteiger partial charge is 0.332 e.